The molecule has 0 atom stereocenters. The number of thiocarbonyl (C=S) groups is 1. The van der Waals surface area contributed by atoms with Gasteiger partial charge in [-0.15, -0.1) is 0 Å². The van der Waals surface area contributed by atoms with E-state index in [2.05, 4.69) is 5.32 Å². The molecule has 7 nitrogen and oxygen atoms in total. The highest BCUT2D eigenvalue weighted by molar-refractivity contribution is 7.80. The topological polar surface area (TPSA) is 92.6 Å². The van der Waals surface area contributed by atoms with Gasteiger partial charge in [-0.25, -0.2) is 0 Å². The third-order valence-electron chi connectivity index (χ3n) is 3.55. The SMILES string of the molecule is O=C1NC(=S)N(c2ccccc2)C(=O)C1=Cc1ccccc1[N+](=O)[O-]. The Morgan fingerprint density at radius 3 is 2.36 bits per heavy atom. The van der Waals surface area contributed by atoms with Crippen LogP contribution < -0.4 is 10.2 Å². The number of para-hydroxylation sites is 2. The molecule has 1 aliphatic rings. The van der Waals surface area contributed by atoms with E-state index < -0.39 is 16.7 Å². The molecule has 0 aromatic heterocycles. The lowest BCUT2D eigenvalue weighted by atomic mass is 10.1. The molecule has 1 fully saturated rings. The number of benzene rings is 2. The van der Waals surface area contributed by atoms with Crippen LogP contribution >= 0.6 is 12.2 Å². The lowest BCUT2D eigenvalue weighted by Crippen LogP contribution is -2.54. The van der Waals surface area contributed by atoms with E-state index in [0.29, 0.717) is 5.69 Å². The van der Waals surface area contributed by atoms with Crippen LogP contribution in [-0.2, 0) is 9.59 Å². The maximum atomic E-state index is 12.8. The van der Waals surface area contributed by atoms with E-state index in [1.165, 1.54) is 29.2 Å². The Balaban J connectivity index is 2.07. The van der Waals surface area contributed by atoms with E-state index in [1.54, 1.807) is 36.4 Å². The van der Waals surface area contributed by atoms with Crippen LogP contribution in [0.3, 0.4) is 0 Å². The van der Waals surface area contributed by atoms with E-state index in [1.807, 2.05) is 0 Å². The first-order valence-corrected chi connectivity index (χ1v) is 7.60. The summed E-state index contributed by atoms with van der Waals surface area (Å²) in [5.74, 6) is -1.33. The van der Waals surface area contributed by atoms with Crippen LogP contribution in [0.25, 0.3) is 6.08 Å². The predicted octanol–water partition coefficient (Wildman–Crippen LogP) is 2.43. The summed E-state index contributed by atoms with van der Waals surface area (Å²) in [5.41, 5.74) is 0.222. The number of hydrogen-bond acceptors (Lipinski definition) is 5. The Hall–Kier alpha value is -3.39. The molecule has 2 amide bonds. The van der Waals surface area contributed by atoms with E-state index in [-0.39, 0.29) is 21.9 Å². The summed E-state index contributed by atoms with van der Waals surface area (Å²) in [5, 5.41) is 13.5. The summed E-state index contributed by atoms with van der Waals surface area (Å²) >= 11 is 5.09. The van der Waals surface area contributed by atoms with Crippen molar-refractivity contribution in [2.45, 2.75) is 0 Å². The standard InChI is InChI=1S/C17H11N3O4S/c21-15-13(10-11-6-4-5-9-14(11)20(23)24)16(22)19(17(25)18-15)12-7-2-1-3-8-12/h1-10H,(H,18,21,25). The molecule has 2 aromatic carbocycles. The molecule has 0 radical (unpaired) electrons. The molecule has 0 spiro atoms. The summed E-state index contributed by atoms with van der Waals surface area (Å²) in [4.78, 5) is 36.7. The van der Waals surface area contributed by atoms with Gasteiger partial charge in [0.25, 0.3) is 17.5 Å². The van der Waals surface area contributed by atoms with Crippen molar-refractivity contribution in [2.75, 3.05) is 4.90 Å². The number of nitrogens with one attached hydrogen (secondary N) is 1. The first kappa shape index (κ1) is 16.5. The van der Waals surface area contributed by atoms with Crippen LogP contribution in [-0.4, -0.2) is 21.9 Å². The highest BCUT2D eigenvalue weighted by atomic mass is 32.1. The van der Waals surface area contributed by atoms with Crippen molar-refractivity contribution >= 4 is 46.6 Å². The largest absolute Gasteiger partial charge is 0.298 e. The zero-order valence-electron chi connectivity index (χ0n) is 12.7. The minimum atomic E-state index is -0.694. The summed E-state index contributed by atoms with van der Waals surface area (Å²) in [7, 11) is 0. The molecule has 1 N–H and O–H groups in total. The summed E-state index contributed by atoms with van der Waals surface area (Å²) in [6.07, 6.45) is 1.20. The monoisotopic (exact) mass is 353 g/mol. The van der Waals surface area contributed by atoms with Gasteiger partial charge >= 0.3 is 0 Å². The van der Waals surface area contributed by atoms with Crippen molar-refractivity contribution in [3.05, 3.63) is 75.8 Å². The lowest BCUT2D eigenvalue weighted by Gasteiger charge is -2.28. The molecular formula is C17H11N3O4S. The van der Waals surface area contributed by atoms with E-state index in [0.717, 1.165) is 0 Å². The van der Waals surface area contributed by atoms with Gasteiger partial charge in [0, 0.05) is 6.07 Å². The molecule has 25 heavy (non-hydrogen) atoms. The van der Waals surface area contributed by atoms with Crippen molar-refractivity contribution in [3.63, 3.8) is 0 Å². The highest BCUT2D eigenvalue weighted by Crippen LogP contribution is 2.25. The fourth-order valence-corrected chi connectivity index (χ4v) is 2.68. The average molecular weight is 353 g/mol. The molecule has 0 bridgehead atoms. The van der Waals surface area contributed by atoms with Crippen molar-refractivity contribution in [1.82, 2.24) is 5.32 Å². The zero-order valence-corrected chi connectivity index (χ0v) is 13.5. The quantitative estimate of drug-likeness (QED) is 0.301. The van der Waals surface area contributed by atoms with Gasteiger partial charge in [0.1, 0.15) is 5.57 Å². The number of amides is 2. The van der Waals surface area contributed by atoms with Gasteiger partial charge in [0.2, 0.25) is 0 Å². The predicted molar refractivity (Wildman–Crippen MR) is 95.7 cm³/mol. The Kier molecular flexibility index (Phi) is 4.36. The number of hydrogen-bond donors (Lipinski definition) is 1. The molecule has 8 heteroatoms. The molecule has 0 saturated carbocycles. The van der Waals surface area contributed by atoms with Gasteiger partial charge in [-0.2, -0.15) is 0 Å². The minimum Gasteiger partial charge on any atom is -0.298 e. The maximum absolute atomic E-state index is 12.8. The third-order valence-corrected chi connectivity index (χ3v) is 3.83. The van der Waals surface area contributed by atoms with Gasteiger partial charge in [0.15, 0.2) is 5.11 Å². The van der Waals surface area contributed by atoms with E-state index in [9.17, 15) is 19.7 Å². The highest BCUT2D eigenvalue weighted by Gasteiger charge is 2.34. The summed E-state index contributed by atoms with van der Waals surface area (Å²) in [6.45, 7) is 0. The van der Waals surface area contributed by atoms with Crippen LogP contribution in [0, 0.1) is 10.1 Å². The second-order valence-corrected chi connectivity index (χ2v) is 5.50. The van der Waals surface area contributed by atoms with Crippen LogP contribution in [0.1, 0.15) is 5.56 Å². The third kappa shape index (κ3) is 3.15. The molecule has 1 heterocycles. The number of anilines is 1. The maximum Gasteiger partial charge on any atom is 0.276 e. The molecule has 1 aliphatic heterocycles. The van der Waals surface area contributed by atoms with Gasteiger partial charge < -0.3 is 0 Å². The molecular weight excluding hydrogens is 342 g/mol. The Morgan fingerprint density at radius 2 is 1.68 bits per heavy atom. The average Bonchev–Trinajstić information content (AvgIpc) is 2.59. The van der Waals surface area contributed by atoms with Gasteiger partial charge in [-0.05, 0) is 36.5 Å². The number of nitrogens with zero attached hydrogens (tertiary/aromatic N) is 2. The van der Waals surface area contributed by atoms with Crippen LogP contribution in [0.4, 0.5) is 11.4 Å². The van der Waals surface area contributed by atoms with Crippen LogP contribution in [0.2, 0.25) is 0 Å². The molecule has 3 rings (SSSR count). The number of carbonyl (C=O) groups excluding carboxylic acids is 2. The van der Waals surface area contributed by atoms with Gasteiger partial charge in [0.05, 0.1) is 16.2 Å². The van der Waals surface area contributed by atoms with Crippen LogP contribution in [0.5, 0.6) is 0 Å². The van der Waals surface area contributed by atoms with Crippen molar-refractivity contribution in [2.24, 2.45) is 0 Å². The van der Waals surface area contributed by atoms with E-state index in [4.69, 9.17) is 12.2 Å². The fraction of sp³-hybridized carbons (Fsp3) is 0. The van der Waals surface area contributed by atoms with Gasteiger partial charge in [-0.3, -0.25) is 29.9 Å². The first-order chi connectivity index (χ1) is 12.0. The minimum absolute atomic E-state index is 0.0408. The lowest BCUT2D eigenvalue weighted by molar-refractivity contribution is -0.385. The number of nitro groups is 1. The number of rotatable bonds is 3. The van der Waals surface area contributed by atoms with Crippen LogP contribution in [0.15, 0.2) is 60.2 Å². The summed E-state index contributed by atoms with van der Waals surface area (Å²) < 4.78 is 0. The Labute approximate surface area is 147 Å². The Morgan fingerprint density at radius 1 is 1.04 bits per heavy atom. The number of nitro benzene ring substituents is 1. The van der Waals surface area contributed by atoms with Crippen molar-refractivity contribution < 1.29 is 14.5 Å². The van der Waals surface area contributed by atoms with E-state index >= 15 is 0 Å². The molecule has 1 saturated heterocycles. The molecule has 0 aliphatic carbocycles. The zero-order chi connectivity index (χ0) is 18.0. The molecule has 2 aromatic rings. The second kappa shape index (κ2) is 6.62. The first-order valence-electron chi connectivity index (χ1n) is 7.19. The van der Waals surface area contributed by atoms with Crippen molar-refractivity contribution in [1.29, 1.82) is 0 Å². The normalized spacial score (nSPS) is 16.1. The van der Waals surface area contributed by atoms with Gasteiger partial charge in [-0.1, -0.05) is 30.3 Å². The van der Waals surface area contributed by atoms with Crippen molar-refractivity contribution in [3.8, 4) is 0 Å². The number of carbonyl (C=O) groups is 2. The Bertz CT molecular complexity index is 925. The second-order valence-electron chi connectivity index (χ2n) is 5.11. The fourth-order valence-electron chi connectivity index (χ4n) is 2.40. The smallest absolute Gasteiger partial charge is 0.276 e. The molecule has 124 valence electrons. The molecule has 0 unspecified atom stereocenters. The summed E-state index contributed by atoms with van der Waals surface area (Å²) in [6, 6.07) is 14.4.